The predicted octanol–water partition coefficient (Wildman–Crippen LogP) is 31.4. The molecule has 0 N–H and O–H groups in total. The minimum Gasteiger partial charge on any atom is -0.0776 e. The highest BCUT2D eigenvalue weighted by Crippen LogP contribution is 2.51. The predicted molar refractivity (Wildman–Crippen MR) is 407 cm³/mol. The van der Waals surface area contributed by atoms with Crippen molar-refractivity contribution < 1.29 is 0 Å². The molecule has 16 unspecified atom stereocenters. The van der Waals surface area contributed by atoms with Crippen LogP contribution in [0.25, 0.3) is 0 Å². The average Bonchev–Trinajstić information content (AvgIpc) is 4.63. The lowest BCUT2D eigenvalue weighted by molar-refractivity contribution is 0.128. The lowest BCUT2D eigenvalue weighted by atomic mass is 9.67. The maximum Gasteiger partial charge on any atom is -0.0358 e. The molecule has 0 heteroatoms. The van der Waals surface area contributed by atoms with Crippen molar-refractivity contribution in [1.82, 2.24) is 0 Å². The number of fused-ring (bicyclic) bond motifs is 10. The average molecular weight is 1250 g/mol. The van der Waals surface area contributed by atoms with Crippen molar-refractivity contribution in [3.8, 4) is 0 Å². The Morgan fingerprint density at radius 1 is 0.202 bits per heavy atom. The first-order valence-corrected chi connectivity index (χ1v) is 42.9. The van der Waals surface area contributed by atoms with Crippen LogP contribution in [0.5, 0.6) is 0 Å². The highest BCUT2D eigenvalue weighted by Gasteiger charge is 2.39. The van der Waals surface area contributed by atoms with Crippen LogP contribution in [0, 0.1) is 124 Å². The molecule has 0 aromatic rings. The van der Waals surface area contributed by atoms with Crippen LogP contribution in [0.1, 0.15) is 446 Å². The zero-order chi connectivity index (χ0) is 63.2. The first kappa shape index (κ1) is 85.1. The molecule has 16 rings (SSSR count). The van der Waals surface area contributed by atoms with E-state index in [1.165, 1.54) is 145 Å². The van der Waals surface area contributed by atoms with E-state index in [1.807, 2.05) is 69.2 Å². The fourth-order valence-electron chi connectivity index (χ4n) is 23.1. The van der Waals surface area contributed by atoms with Crippen molar-refractivity contribution in [2.24, 2.45) is 124 Å². The number of rotatable bonds is 4. The van der Waals surface area contributed by atoms with Gasteiger partial charge in [-0.2, -0.15) is 0 Å². The minimum absolute atomic E-state index is 0. The summed E-state index contributed by atoms with van der Waals surface area (Å²) in [6.07, 6.45) is 78.7. The molecule has 16 saturated carbocycles. The van der Waals surface area contributed by atoms with Gasteiger partial charge in [0.1, 0.15) is 0 Å². The van der Waals surface area contributed by atoms with Crippen molar-refractivity contribution in [1.29, 1.82) is 0 Å². The third-order valence-corrected chi connectivity index (χ3v) is 27.9. The first-order chi connectivity index (χ1) is 42.9. The van der Waals surface area contributed by atoms with E-state index in [0.717, 1.165) is 88.8 Å². The van der Waals surface area contributed by atoms with Gasteiger partial charge in [-0.1, -0.05) is 356 Å². The van der Waals surface area contributed by atoms with Gasteiger partial charge in [0, 0.05) is 0 Å². The largest absolute Gasteiger partial charge is 0.0776 e. The van der Waals surface area contributed by atoms with Gasteiger partial charge >= 0.3 is 0 Å². The number of hydrogen-bond donors (Lipinski definition) is 0. The third-order valence-electron chi connectivity index (χ3n) is 27.9. The SMILES string of the molecule is C.C.C1CC2CCC1C2.C1CC2CCC1C2.C1CCC2CCCC2C1.CC.CC.CC.CC.CC.CC1CC2CCCC2C1.CCC1CCC2CCCC2C1.CCC1CCC2CCCCC12.CCC1CCC2CCCCC12.CCC1CCC2CCCCC2C1. The van der Waals surface area contributed by atoms with E-state index in [0.29, 0.717) is 0 Å². The molecule has 0 radical (unpaired) electrons. The summed E-state index contributed by atoms with van der Waals surface area (Å²) in [6, 6.07) is 0. The molecule has 16 aliphatic rings. The van der Waals surface area contributed by atoms with Crippen molar-refractivity contribution in [2.75, 3.05) is 0 Å². The quantitative estimate of drug-likeness (QED) is 0.263. The Hall–Kier alpha value is 0. The van der Waals surface area contributed by atoms with E-state index in [4.69, 9.17) is 0 Å². The summed E-state index contributed by atoms with van der Waals surface area (Å²) in [5.41, 5.74) is 0. The molecule has 4 bridgehead atoms. The maximum absolute atomic E-state index is 2.42. The Labute approximate surface area is 567 Å². The van der Waals surface area contributed by atoms with Gasteiger partial charge in [0.2, 0.25) is 0 Å². The molecule has 89 heavy (non-hydrogen) atoms. The van der Waals surface area contributed by atoms with E-state index >= 15 is 0 Å². The van der Waals surface area contributed by atoms with Crippen LogP contribution < -0.4 is 0 Å². The fourth-order valence-corrected chi connectivity index (χ4v) is 23.1. The summed E-state index contributed by atoms with van der Waals surface area (Å²) in [7, 11) is 0. The molecule has 16 fully saturated rings. The van der Waals surface area contributed by atoms with Crippen LogP contribution in [0.4, 0.5) is 0 Å². The molecule has 0 nitrogen and oxygen atoms in total. The second-order valence-electron chi connectivity index (χ2n) is 32.3. The Bertz CT molecular complexity index is 1430. The van der Waals surface area contributed by atoms with Crippen molar-refractivity contribution in [3.63, 3.8) is 0 Å². The van der Waals surface area contributed by atoms with Gasteiger partial charge in [-0.15, -0.1) is 0 Å². The molecule has 0 heterocycles. The summed E-state index contributed by atoms with van der Waals surface area (Å²) in [5.74, 6) is 23.9. The lowest BCUT2D eigenvalue weighted by Gasteiger charge is -2.39. The highest BCUT2D eigenvalue weighted by atomic mass is 14.4. The molecular weight excluding hydrogens is 1070 g/mol. The van der Waals surface area contributed by atoms with Crippen molar-refractivity contribution in [2.45, 2.75) is 446 Å². The summed E-state index contributed by atoms with van der Waals surface area (Å²) in [5, 5.41) is 0. The molecule has 0 saturated heterocycles. The molecule has 0 aromatic carbocycles. The molecule has 16 atom stereocenters. The van der Waals surface area contributed by atoms with E-state index < -0.39 is 0 Å². The monoisotopic (exact) mass is 1250 g/mol. The molecule has 0 amide bonds. The second-order valence-corrected chi connectivity index (χ2v) is 32.3. The standard InChI is InChI=1S/C12H22.3C11H20.2C9H16.2C7H12.5C2H6.2CH4/c1-2-10-7-8-11-5-3-4-6-12(11)9-10;1-2-9-6-7-10-4-3-5-11(10)8-9;2*1-2-9-7-8-10-5-3-4-6-11(9)10;1-7-5-8-3-2-4-9(8)6-7;1-2-5-9-7-3-6-8(9)4-1;2*1-2-7-4-3-6(1)5-7;5*1-2;;/h10-12H,2-9H2,1H3;3*9-11H,2-8H2,1H3;7-9H,2-6H2,1H3;8-9H,1-7H2;2*6-7H,1-5H2;5*1-2H3;2*1H4. The first-order valence-electron chi connectivity index (χ1n) is 42.9. The number of hydrogen-bond acceptors (Lipinski definition) is 0. The van der Waals surface area contributed by atoms with E-state index in [-0.39, 0.29) is 14.9 Å². The minimum atomic E-state index is 0. The highest BCUT2D eigenvalue weighted by molar-refractivity contribution is 4.90. The molecule has 0 spiro atoms. The second kappa shape index (κ2) is 51.3. The van der Waals surface area contributed by atoms with Crippen LogP contribution in [-0.4, -0.2) is 0 Å². The van der Waals surface area contributed by atoms with Crippen LogP contribution in [0.3, 0.4) is 0 Å². The van der Waals surface area contributed by atoms with Crippen LogP contribution in [-0.2, 0) is 0 Å². The summed E-state index contributed by atoms with van der Waals surface area (Å²) >= 11 is 0. The zero-order valence-corrected chi connectivity index (χ0v) is 63.2. The zero-order valence-electron chi connectivity index (χ0n) is 63.2. The van der Waals surface area contributed by atoms with Crippen molar-refractivity contribution >= 4 is 0 Å². The normalized spacial score (nSPS) is 39.2. The van der Waals surface area contributed by atoms with Gasteiger partial charge < -0.3 is 0 Å². The van der Waals surface area contributed by atoms with Gasteiger partial charge in [-0.3, -0.25) is 0 Å². The Morgan fingerprint density at radius 2 is 0.438 bits per heavy atom. The maximum atomic E-state index is 2.42. The smallest absolute Gasteiger partial charge is 0.0358 e. The molecular formula is C89H176. The molecule has 0 aliphatic heterocycles. The van der Waals surface area contributed by atoms with Gasteiger partial charge in [0.15, 0.2) is 0 Å². The van der Waals surface area contributed by atoms with E-state index in [2.05, 4.69) is 34.6 Å². The van der Waals surface area contributed by atoms with Crippen LogP contribution in [0.2, 0.25) is 0 Å². The van der Waals surface area contributed by atoms with Crippen LogP contribution in [0.15, 0.2) is 0 Å². The summed E-state index contributed by atoms with van der Waals surface area (Å²) in [6.45, 7) is 31.9. The lowest BCUT2D eigenvalue weighted by Crippen LogP contribution is -2.27. The Morgan fingerprint density at radius 3 is 0.719 bits per heavy atom. The van der Waals surface area contributed by atoms with E-state index in [1.54, 1.807) is 218 Å². The van der Waals surface area contributed by atoms with Gasteiger partial charge in [0.25, 0.3) is 0 Å². The molecule has 532 valence electrons. The third kappa shape index (κ3) is 28.9. The summed E-state index contributed by atoms with van der Waals surface area (Å²) in [4.78, 5) is 0. The van der Waals surface area contributed by atoms with Crippen LogP contribution >= 0.6 is 0 Å². The molecule has 16 aliphatic carbocycles. The topological polar surface area (TPSA) is 0 Å². The van der Waals surface area contributed by atoms with Gasteiger partial charge in [0.05, 0.1) is 0 Å². The van der Waals surface area contributed by atoms with Gasteiger partial charge in [-0.25, -0.2) is 0 Å². The van der Waals surface area contributed by atoms with Gasteiger partial charge in [-0.05, 0) is 214 Å². The van der Waals surface area contributed by atoms with Crippen molar-refractivity contribution in [3.05, 3.63) is 0 Å². The Balaban J connectivity index is 0.000000340. The Kier molecular flexibility index (Phi) is 49.0. The molecule has 0 aromatic heterocycles. The van der Waals surface area contributed by atoms with E-state index in [9.17, 15) is 0 Å². The fraction of sp³-hybridized carbons (Fsp3) is 1.00. The summed E-state index contributed by atoms with van der Waals surface area (Å²) < 4.78 is 0.